The van der Waals surface area contributed by atoms with Gasteiger partial charge in [-0.3, -0.25) is 4.79 Å². The first-order valence-corrected chi connectivity index (χ1v) is 8.92. The summed E-state index contributed by atoms with van der Waals surface area (Å²) in [5.41, 5.74) is 1.08. The van der Waals surface area contributed by atoms with Crippen LogP contribution < -0.4 is 4.74 Å². The van der Waals surface area contributed by atoms with Crippen LogP contribution in [0.1, 0.15) is 43.9 Å². The number of hydrogen-bond acceptors (Lipinski definition) is 3. The van der Waals surface area contributed by atoms with Gasteiger partial charge in [-0.15, -0.1) is 0 Å². The van der Waals surface area contributed by atoms with Gasteiger partial charge in [-0.05, 0) is 42.0 Å². The van der Waals surface area contributed by atoms with Gasteiger partial charge in [-0.25, -0.2) is 0 Å². The van der Waals surface area contributed by atoms with Crippen molar-refractivity contribution in [3.8, 4) is 5.75 Å². The molecule has 140 valence electrons. The first-order chi connectivity index (χ1) is 12.2. The third kappa shape index (κ3) is 4.99. The van der Waals surface area contributed by atoms with Crippen molar-refractivity contribution < 1.29 is 19.7 Å². The molecule has 0 aliphatic heterocycles. The molecule has 2 atom stereocenters. The van der Waals surface area contributed by atoms with E-state index in [0.29, 0.717) is 17.2 Å². The first-order valence-electron chi connectivity index (χ1n) is 8.54. The molecule has 0 spiro atoms. The summed E-state index contributed by atoms with van der Waals surface area (Å²) >= 11 is 6.13. The van der Waals surface area contributed by atoms with E-state index in [2.05, 4.69) is 0 Å². The number of rotatable bonds is 8. The van der Waals surface area contributed by atoms with Gasteiger partial charge in [0.25, 0.3) is 0 Å². The van der Waals surface area contributed by atoms with Gasteiger partial charge < -0.3 is 14.9 Å². The van der Waals surface area contributed by atoms with Crippen LogP contribution in [0, 0.1) is 5.92 Å². The van der Waals surface area contributed by atoms with Crippen molar-refractivity contribution in [2.75, 3.05) is 7.11 Å². The van der Waals surface area contributed by atoms with Crippen molar-refractivity contribution >= 4 is 17.6 Å². The summed E-state index contributed by atoms with van der Waals surface area (Å²) in [6, 6.07) is 14.5. The minimum atomic E-state index is -0.922. The van der Waals surface area contributed by atoms with Gasteiger partial charge in [-0.1, -0.05) is 55.8 Å². The molecule has 2 rings (SSSR count). The second-order valence-corrected chi connectivity index (χ2v) is 7.57. The average Bonchev–Trinajstić information content (AvgIpc) is 2.61. The Morgan fingerprint density at radius 1 is 1.19 bits per heavy atom. The lowest BCUT2D eigenvalue weighted by Crippen LogP contribution is -2.28. The molecule has 0 aliphatic rings. The van der Waals surface area contributed by atoms with E-state index in [1.54, 1.807) is 31.4 Å². The average molecular weight is 377 g/mol. The number of carboxylic acid groups (broad SMARTS) is 1. The molecule has 0 heterocycles. The SMILES string of the molecule is COc1ccc(Cl)cc1C(C)(C)CC(CC(O)c1ccccc1)C(=O)O. The van der Waals surface area contributed by atoms with Crippen molar-refractivity contribution in [2.24, 2.45) is 5.92 Å². The third-order valence-electron chi connectivity index (χ3n) is 4.69. The molecule has 5 heteroatoms. The van der Waals surface area contributed by atoms with E-state index < -0.39 is 23.4 Å². The number of aliphatic hydroxyl groups excluding tert-OH is 1. The van der Waals surface area contributed by atoms with Crippen LogP contribution >= 0.6 is 11.6 Å². The van der Waals surface area contributed by atoms with Gasteiger partial charge in [0.2, 0.25) is 0 Å². The number of aliphatic hydroxyl groups is 1. The van der Waals surface area contributed by atoms with Crippen LogP contribution in [0.4, 0.5) is 0 Å². The zero-order valence-corrected chi connectivity index (χ0v) is 16.0. The summed E-state index contributed by atoms with van der Waals surface area (Å²) < 4.78 is 5.42. The Bertz CT molecular complexity index is 743. The Morgan fingerprint density at radius 2 is 1.85 bits per heavy atom. The van der Waals surface area contributed by atoms with Crippen molar-refractivity contribution in [3.05, 3.63) is 64.7 Å². The highest BCUT2D eigenvalue weighted by Gasteiger charge is 2.33. The van der Waals surface area contributed by atoms with Crippen LogP contribution in [0.15, 0.2) is 48.5 Å². The second kappa shape index (κ2) is 8.56. The molecule has 0 aromatic heterocycles. The molecule has 0 radical (unpaired) electrons. The Hall–Kier alpha value is -2.04. The fourth-order valence-electron chi connectivity index (χ4n) is 3.29. The summed E-state index contributed by atoms with van der Waals surface area (Å²) in [6.07, 6.45) is -0.330. The van der Waals surface area contributed by atoms with Gasteiger partial charge in [-0.2, -0.15) is 0 Å². The van der Waals surface area contributed by atoms with Crippen molar-refractivity contribution in [1.82, 2.24) is 0 Å². The predicted octanol–water partition coefficient (Wildman–Crippen LogP) is 4.84. The van der Waals surface area contributed by atoms with Gasteiger partial charge in [0.1, 0.15) is 5.75 Å². The summed E-state index contributed by atoms with van der Waals surface area (Å²) in [6.45, 7) is 3.93. The smallest absolute Gasteiger partial charge is 0.306 e. The number of benzene rings is 2. The summed E-state index contributed by atoms with van der Waals surface area (Å²) in [4.78, 5) is 11.8. The van der Waals surface area contributed by atoms with Crippen LogP contribution in [0.3, 0.4) is 0 Å². The fraction of sp³-hybridized carbons (Fsp3) is 0.381. The monoisotopic (exact) mass is 376 g/mol. The molecular formula is C21H25ClO4. The highest BCUT2D eigenvalue weighted by molar-refractivity contribution is 6.30. The molecule has 2 aromatic rings. The Balaban J connectivity index is 2.23. The highest BCUT2D eigenvalue weighted by Crippen LogP contribution is 2.39. The number of halogens is 1. The van der Waals surface area contributed by atoms with E-state index in [-0.39, 0.29) is 6.42 Å². The molecule has 0 bridgehead atoms. The van der Waals surface area contributed by atoms with Gasteiger partial charge in [0, 0.05) is 10.6 Å². The second-order valence-electron chi connectivity index (χ2n) is 7.13. The van der Waals surface area contributed by atoms with E-state index >= 15 is 0 Å². The lowest BCUT2D eigenvalue weighted by Gasteiger charge is -2.31. The molecule has 2 N–H and O–H groups in total. The molecule has 0 saturated carbocycles. The molecule has 4 nitrogen and oxygen atoms in total. The molecular weight excluding hydrogens is 352 g/mol. The maximum Gasteiger partial charge on any atom is 0.306 e. The maximum atomic E-state index is 11.8. The third-order valence-corrected chi connectivity index (χ3v) is 4.92. The van der Waals surface area contributed by atoms with Crippen molar-refractivity contribution in [1.29, 1.82) is 0 Å². The normalized spacial score (nSPS) is 13.9. The number of hydrogen-bond donors (Lipinski definition) is 2. The van der Waals surface area contributed by atoms with E-state index in [1.807, 2.05) is 38.1 Å². The number of aliphatic carboxylic acids is 1. The van der Waals surface area contributed by atoms with Gasteiger partial charge in [0.15, 0.2) is 0 Å². The highest BCUT2D eigenvalue weighted by atomic mass is 35.5. The topological polar surface area (TPSA) is 66.8 Å². The molecule has 26 heavy (non-hydrogen) atoms. The van der Waals surface area contributed by atoms with Crippen LogP contribution in [0.25, 0.3) is 0 Å². The van der Waals surface area contributed by atoms with E-state index in [9.17, 15) is 15.0 Å². The number of carboxylic acids is 1. The van der Waals surface area contributed by atoms with Crippen molar-refractivity contribution in [3.63, 3.8) is 0 Å². The predicted molar refractivity (Wildman–Crippen MR) is 103 cm³/mol. The van der Waals surface area contributed by atoms with Gasteiger partial charge in [0.05, 0.1) is 19.1 Å². The Kier molecular flexibility index (Phi) is 6.68. The Morgan fingerprint density at radius 3 is 2.42 bits per heavy atom. The standard InChI is InChI=1S/C21H25ClO4/c1-21(2,17-12-16(22)9-10-19(17)26-3)13-15(20(24)25)11-18(23)14-7-5-4-6-8-14/h4-10,12,15,18,23H,11,13H2,1-3H3,(H,24,25). The molecule has 0 fully saturated rings. The zero-order valence-electron chi connectivity index (χ0n) is 15.3. The lowest BCUT2D eigenvalue weighted by atomic mass is 9.75. The number of carbonyl (C=O) groups is 1. The van der Waals surface area contributed by atoms with Gasteiger partial charge >= 0.3 is 5.97 Å². The largest absolute Gasteiger partial charge is 0.496 e. The number of methoxy groups -OCH3 is 1. The fourth-order valence-corrected chi connectivity index (χ4v) is 3.46. The van der Waals surface area contributed by atoms with Crippen molar-refractivity contribution in [2.45, 2.75) is 38.2 Å². The minimum Gasteiger partial charge on any atom is -0.496 e. The molecule has 0 aliphatic carbocycles. The van der Waals surface area contributed by atoms with E-state index in [1.165, 1.54) is 0 Å². The summed E-state index contributed by atoms with van der Waals surface area (Å²) in [5.74, 6) is -0.954. The van der Waals surface area contributed by atoms with E-state index in [4.69, 9.17) is 16.3 Å². The van der Waals surface area contributed by atoms with E-state index in [0.717, 1.165) is 11.1 Å². The molecule has 0 saturated heterocycles. The van der Waals surface area contributed by atoms with Crippen LogP contribution in [-0.2, 0) is 10.2 Å². The Labute approximate surface area is 159 Å². The first kappa shape index (κ1) is 20.3. The molecule has 0 amide bonds. The minimum absolute atomic E-state index is 0.145. The molecule has 2 aromatic carbocycles. The van der Waals surface area contributed by atoms with Crippen LogP contribution in [0.5, 0.6) is 5.75 Å². The zero-order chi connectivity index (χ0) is 19.3. The maximum absolute atomic E-state index is 11.8. The summed E-state index contributed by atoms with van der Waals surface area (Å²) in [7, 11) is 1.58. The lowest BCUT2D eigenvalue weighted by molar-refractivity contribution is -0.143. The molecule has 2 unspecified atom stereocenters. The number of ether oxygens (including phenoxy) is 1. The summed E-state index contributed by atoms with van der Waals surface area (Å²) in [5, 5.41) is 20.7. The quantitative estimate of drug-likeness (QED) is 0.691. The van der Waals surface area contributed by atoms with Crippen LogP contribution in [-0.4, -0.2) is 23.3 Å². The van der Waals surface area contributed by atoms with Crippen LogP contribution in [0.2, 0.25) is 5.02 Å².